The highest BCUT2D eigenvalue weighted by atomic mass is 19.4. The number of nitrogens with zero attached hydrogens (tertiary/aromatic N) is 4. The van der Waals surface area contributed by atoms with E-state index in [9.17, 15) is 18.0 Å². The summed E-state index contributed by atoms with van der Waals surface area (Å²) in [7, 11) is 0. The molecule has 3 heterocycles. The van der Waals surface area contributed by atoms with E-state index < -0.39 is 17.4 Å². The molecule has 4 rings (SSSR count). The van der Waals surface area contributed by atoms with E-state index in [0.29, 0.717) is 29.9 Å². The second kappa shape index (κ2) is 10.4. The number of alkyl halides is 3. The second-order valence-corrected chi connectivity index (χ2v) is 8.24. The van der Waals surface area contributed by atoms with Gasteiger partial charge in [-0.05, 0) is 32.1 Å². The predicted molar refractivity (Wildman–Crippen MR) is 132 cm³/mol. The van der Waals surface area contributed by atoms with E-state index in [1.54, 1.807) is 24.3 Å². The maximum atomic E-state index is 13.5. The molecule has 188 valence electrons. The van der Waals surface area contributed by atoms with E-state index in [-0.39, 0.29) is 28.3 Å². The molecule has 0 unspecified atom stereocenters. The molecule has 4 aromatic rings. The van der Waals surface area contributed by atoms with Crippen LogP contribution in [0.1, 0.15) is 25.2 Å². The number of aryl methyl sites for hydroxylation is 1. The number of ether oxygens (including phenoxy) is 1. The van der Waals surface area contributed by atoms with Crippen molar-refractivity contribution in [1.29, 1.82) is 0 Å². The third-order valence-corrected chi connectivity index (χ3v) is 5.77. The average molecular weight is 498 g/mol. The molecular formula is C26H26F3N5O2. The number of pyridine rings is 2. The van der Waals surface area contributed by atoms with Gasteiger partial charge in [0, 0.05) is 29.4 Å². The van der Waals surface area contributed by atoms with Gasteiger partial charge in [0.2, 0.25) is 0 Å². The van der Waals surface area contributed by atoms with Gasteiger partial charge in [-0.15, -0.1) is 0 Å². The zero-order valence-corrected chi connectivity index (χ0v) is 20.2. The summed E-state index contributed by atoms with van der Waals surface area (Å²) in [5.41, 5.74) is 0.679. The van der Waals surface area contributed by atoms with E-state index >= 15 is 0 Å². The molecule has 0 saturated heterocycles. The molecule has 3 aromatic heterocycles. The number of hydrogen-bond acceptors (Lipinski definition) is 6. The van der Waals surface area contributed by atoms with Gasteiger partial charge in [0.25, 0.3) is 5.56 Å². The average Bonchev–Trinajstić information content (AvgIpc) is 2.86. The lowest BCUT2D eigenvalue weighted by Gasteiger charge is -2.18. The minimum absolute atomic E-state index is 0.0734. The summed E-state index contributed by atoms with van der Waals surface area (Å²) in [5.74, 6) is 0.0734. The highest BCUT2D eigenvalue weighted by molar-refractivity contribution is 5.85. The van der Waals surface area contributed by atoms with Crippen LogP contribution in [0.15, 0.2) is 53.3 Å². The van der Waals surface area contributed by atoms with Crippen molar-refractivity contribution in [3.63, 3.8) is 0 Å². The van der Waals surface area contributed by atoms with Gasteiger partial charge in [-0.1, -0.05) is 44.2 Å². The zero-order valence-electron chi connectivity index (χ0n) is 20.2. The normalized spacial score (nSPS) is 11.9. The van der Waals surface area contributed by atoms with Crippen molar-refractivity contribution in [2.75, 3.05) is 26.2 Å². The highest BCUT2D eigenvalue weighted by Gasteiger charge is 2.33. The molecule has 7 nitrogen and oxygen atoms in total. The van der Waals surface area contributed by atoms with E-state index in [0.717, 1.165) is 19.2 Å². The van der Waals surface area contributed by atoms with Gasteiger partial charge in [-0.3, -0.25) is 4.79 Å². The first kappa shape index (κ1) is 25.3. The van der Waals surface area contributed by atoms with Crippen molar-refractivity contribution in [2.24, 2.45) is 0 Å². The lowest BCUT2D eigenvalue weighted by Crippen LogP contribution is -2.28. The molecule has 0 radical (unpaired) electrons. The summed E-state index contributed by atoms with van der Waals surface area (Å²) in [6, 6.07) is 12.9. The molecule has 10 heteroatoms. The highest BCUT2D eigenvalue weighted by Crippen LogP contribution is 2.35. The van der Waals surface area contributed by atoms with Gasteiger partial charge in [0.1, 0.15) is 17.8 Å². The largest absolute Gasteiger partial charge is 0.486 e. The van der Waals surface area contributed by atoms with Crippen LogP contribution in [0, 0.1) is 6.92 Å². The van der Waals surface area contributed by atoms with Gasteiger partial charge in [0.05, 0.1) is 11.4 Å². The fourth-order valence-corrected chi connectivity index (χ4v) is 3.88. The van der Waals surface area contributed by atoms with Crippen LogP contribution in [0.25, 0.3) is 33.7 Å². The monoisotopic (exact) mass is 497 g/mol. The number of nitrogens with one attached hydrogen (secondary N) is 1. The predicted octanol–water partition coefficient (Wildman–Crippen LogP) is 5.09. The molecule has 0 aliphatic carbocycles. The summed E-state index contributed by atoms with van der Waals surface area (Å²) in [6.07, 6.45) is -4.62. The Morgan fingerprint density at radius 1 is 0.944 bits per heavy atom. The second-order valence-electron chi connectivity index (χ2n) is 8.24. The van der Waals surface area contributed by atoms with Crippen LogP contribution in [-0.4, -0.2) is 51.1 Å². The molecule has 36 heavy (non-hydrogen) atoms. The topological polar surface area (TPSA) is 84.0 Å². The number of rotatable bonds is 8. The van der Waals surface area contributed by atoms with Gasteiger partial charge < -0.3 is 14.6 Å². The Balaban J connectivity index is 1.85. The van der Waals surface area contributed by atoms with Crippen LogP contribution < -0.4 is 10.3 Å². The van der Waals surface area contributed by atoms with Gasteiger partial charge in [0.15, 0.2) is 11.4 Å². The summed E-state index contributed by atoms with van der Waals surface area (Å²) in [5, 5.41) is 0. The molecular weight excluding hydrogens is 471 g/mol. The van der Waals surface area contributed by atoms with Crippen LogP contribution in [0.5, 0.6) is 5.75 Å². The van der Waals surface area contributed by atoms with Gasteiger partial charge in [-0.2, -0.15) is 13.2 Å². The molecule has 0 bridgehead atoms. The Hall–Kier alpha value is -3.79. The molecule has 0 aliphatic heterocycles. The third-order valence-electron chi connectivity index (χ3n) is 5.77. The van der Waals surface area contributed by atoms with Crippen LogP contribution in [0.3, 0.4) is 0 Å². The molecule has 0 amide bonds. The fourth-order valence-electron chi connectivity index (χ4n) is 3.88. The Morgan fingerprint density at radius 3 is 2.31 bits per heavy atom. The van der Waals surface area contributed by atoms with Crippen LogP contribution >= 0.6 is 0 Å². The van der Waals surface area contributed by atoms with Crippen molar-refractivity contribution in [1.82, 2.24) is 24.8 Å². The van der Waals surface area contributed by atoms with E-state index in [2.05, 4.69) is 24.8 Å². The number of aromatic amines is 1. The summed E-state index contributed by atoms with van der Waals surface area (Å²) >= 11 is 0. The molecule has 1 N–H and O–H groups in total. The smallest absolute Gasteiger partial charge is 0.433 e. The number of fused-ring (bicyclic) bond motifs is 1. The Kier molecular flexibility index (Phi) is 7.35. The molecule has 0 atom stereocenters. The first-order chi connectivity index (χ1) is 17.2. The molecule has 1 aromatic carbocycles. The standard InChI is InChI=1S/C26H26F3N5O2/c1-4-34(5-2)11-12-36-20-15-19-24(33-25(20)35)32-22(17-9-7-6-8-10-17)23(31-19)18-13-16(3)30-21(14-18)26(27,28)29/h6-10,13-15H,4-5,11-12H2,1-3H3,(H,32,33,35). The number of H-pyrrole nitrogens is 1. The van der Waals surface area contributed by atoms with Crippen LogP contribution in [0.4, 0.5) is 13.2 Å². The first-order valence-electron chi connectivity index (χ1n) is 11.6. The number of halogens is 3. The summed E-state index contributed by atoms with van der Waals surface area (Å²) < 4.78 is 46.2. The van der Waals surface area contributed by atoms with Crippen molar-refractivity contribution >= 4 is 11.2 Å². The summed E-state index contributed by atoms with van der Waals surface area (Å²) in [6.45, 7) is 8.24. The van der Waals surface area contributed by atoms with Crippen molar-refractivity contribution in [3.8, 4) is 28.3 Å². The molecule has 0 spiro atoms. The van der Waals surface area contributed by atoms with E-state index in [4.69, 9.17) is 4.74 Å². The number of aromatic nitrogens is 4. The Bertz CT molecular complexity index is 1420. The third kappa shape index (κ3) is 5.54. The van der Waals surface area contributed by atoms with Crippen molar-refractivity contribution in [3.05, 3.63) is 70.3 Å². The fraction of sp³-hybridized carbons (Fsp3) is 0.308. The lowest BCUT2D eigenvalue weighted by molar-refractivity contribution is -0.141. The quantitative estimate of drug-likeness (QED) is 0.365. The number of benzene rings is 1. The minimum atomic E-state index is -4.62. The maximum Gasteiger partial charge on any atom is 0.433 e. The molecule has 0 fully saturated rings. The summed E-state index contributed by atoms with van der Waals surface area (Å²) in [4.78, 5) is 30.4. The van der Waals surface area contributed by atoms with Gasteiger partial charge in [-0.25, -0.2) is 15.0 Å². The first-order valence-corrected chi connectivity index (χ1v) is 11.6. The maximum absolute atomic E-state index is 13.5. The van der Waals surface area contributed by atoms with Crippen molar-refractivity contribution in [2.45, 2.75) is 26.9 Å². The van der Waals surface area contributed by atoms with Crippen LogP contribution in [0.2, 0.25) is 0 Å². The Labute approximate surface area is 206 Å². The SMILES string of the molecule is CCN(CC)CCOc1cc2nc(-c3cc(C)nc(C(F)(F)F)c3)c(-c3ccccc3)nc2[nH]c1=O. The van der Waals surface area contributed by atoms with Gasteiger partial charge >= 0.3 is 6.18 Å². The van der Waals surface area contributed by atoms with Crippen LogP contribution in [-0.2, 0) is 6.18 Å². The van der Waals surface area contributed by atoms with Crippen molar-refractivity contribution < 1.29 is 17.9 Å². The Morgan fingerprint density at radius 2 is 1.64 bits per heavy atom. The van der Waals surface area contributed by atoms with E-state index in [1.165, 1.54) is 19.1 Å². The number of likely N-dealkylation sites (N-methyl/N-ethyl adjacent to an activating group) is 1. The molecule has 0 saturated carbocycles. The zero-order chi connectivity index (χ0) is 25.9. The minimum Gasteiger partial charge on any atom is -0.486 e. The lowest BCUT2D eigenvalue weighted by atomic mass is 10.0. The van der Waals surface area contributed by atoms with E-state index in [1.807, 2.05) is 19.9 Å². The molecule has 0 aliphatic rings. The number of hydrogen-bond donors (Lipinski definition) is 1.